The van der Waals surface area contributed by atoms with E-state index in [1.54, 1.807) is 0 Å². The average Bonchev–Trinajstić information content (AvgIpc) is 2.83. The van der Waals surface area contributed by atoms with Crippen molar-refractivity contribution in [1.29, 1.82) is 0 Å². The van der Waals surface area contributed by atoms with Gasteiger partial charge >= 0.3 is 5.97 Å². The Morgan fingerprint density at radius 2 is 1.85 bits per heavy atom. The van der Waals surface area contributed by atoms with E-state index < -0.39 is 22.7 Å². The molecule has 0 fully saturated rings. The smallest absolute Gasteiger partial charge is 0.302 e. The molecule has 132 valence electrons. The number of benzene rings is 2. The lowest BCUT2D eigenvalue weighted by molar-refractivity contribution is -0.384. The van der Waals surface area contributed by atoms with Gasteiger partial charge in [-0.25, -0.2) is 4.90 Å². The van der Waals surface area contributed by atoms with Crippen molar-refractivity contribution in [2.75, 3.05) is 4.90 Å². The van der Waals surface area contributed by atoms with Crippen LogP contribution in [0.15, 0.2) is 36.4 Å². The number of fused-ring (bicyclic) bond motifs is 1. The van der Waals surface area contributed by atoms with E-state index in [1.807, 2.05) is 0 Å². The third kappa shape index (κ3) is 3.02. The predicted molar refractivity (Wildman–Crippen MR) is 91.2 cm³/mol. The second kappa shape index (κ2) is 6.57. The van der Waals surface area contributed by atoms with Gasteiger partial charge in [0.25, 0.3) is 17.5 Å². The van der Waals surface area contributed by atoms with Crippen LogP contribution in [0.1, 0.15) is 33.2 Å². The van der Waals surface area contributed by atoms with Crippen molar-refractivity contribution in [3.8, 4) is 0 Å². The molecule has 0 radical (unpaired) electrons. The van der Waals surface area contributed by atoms with E-state index >= 15 is 0 Å². The van der Waals surface area contributed by atoms with Crippen molar-refractivity contribution >= 4 is 40.8 Å². The lowest BCUT2D eigenvalue weighted by Crippen LogP contribution is -2.30. The lowest BCUT2D eigenvalue weighted by Gasteiger charge is -2.18. The van der Waals surface area contributed by atoms with E-state index in [2.05, 4.69) is 0 Å². The number of anilines is 1. The average molecular weight is 375 g/mol. The van der Waals surface area contributed by atoms with Crippen molar-refractivity contribution in [1.82, 2.24) is 0 Å². The molecule has 0 aliphatic carbocycles. The van der Waals surface area contributed by atoms with Crippen LogP contribution in [0.4, 0.5) is 11.4 Å². The van der Waals surface area contributed by atoms with E-state index in [4.69, 9.17) is 16.3 Å². The molecule has 9 heteroatoms. The van der Waals surface area contributed by atoms with Crippen LogP contribution in [0, 0.1) is 10.1 Å². The van der Waals surface area contributed by atoms with Crippen molar-refractivity contribution < 1.29 is 24.0 Å². The molecule has 8 nitrogen and oxygen atoms in total. The van der Waals surface area contributed by atoms with E-state index in [0.29, 0.717) is 5.02 Å². The summed E-state index contributed by atoms with van der Waals surface area (Å²) in [6.45, 7) is 0.863. The Hall–Kier alpha value is -3.26. The first kappa shape index (κ1) is 17.6. The first-order valence-electron chi connectivity index (χ1n) is 7.38. The number of esters is 1. The van der Waals surface area contributed by atoms with Crippen molar-refractivity contribution in [2.45, 2.75) is 13.5 Å². The molecule has 0 spiro atoms. The molecular formula is C17H11ClN2O6. The van der Waals surface area contributed by atoms with E-state index in [9.17, 15) is 24.5 Å². The minimum Gasteiger partial charge on any atom is -0.461 e. The van der Waals surface area contributed by atoms with Gasteiger partial charge in [-0.3, -0.25) is 24.5 Å². The maximum atomic E-state index is 12.7. The molecule has 1 aliphatic heterocycles. The zero-order valence-electron chi connectivity index (χ0n) is 13.4. The summed E-state index contributed by atoms with van der Waals surface area (Å²) in [5.74, 6) is -1.79. The first-order chi connectivity index (χ1) is 12.3. The van der Waals surface area contributed by atoms with Gasteiger partial charge in [-0.05, 0) is 24.3 Å². The number of hydrogen-bond donors (Lipinski definition) is 0. The van der Waals surface area contributed by atoms with Crippen LogP contribution in [0.5, 0.6) is 0 Å². The number of carbonyl (C=O) groups excluding carboxylic acids is 3. The van der Waals surface area contributed by atoms with Crippen LogP contribution in [0.2, 0.25) is 5.02 Å². The second-order valence-corrected chi connectivity index (χ2v) is 5.92. The van der Waals surface area contributed by atoms with Crippen LogP contribution >= 0.6 is 11.6 Å². The fourth-order valence-electron chi connectivity index (χ4n) is 2.63. The largest absolute Gasteiger partial charge is 0.461 e. The highest BCUT2D eigenvalue weighted by atomic mass is 35.5. The zero-order valence-corrected chi connectivity index (χ0v) is 14.1. The monoisotopic (exact) mass is 374 g/mol. The van der Waals surface area contributed by atoms with Crippen LogP contribution < -0.4 is 4.90 Å². The Labute approximate surface area is 152 Å². The van der Waals surface area contributed by atoms with Gasteiger partial charge in [-0.1, -0.05) is 11.6 Å². The maximum absolute atomic E-state index is 12.7. The summed E-state index contributed by atoms with van der Waals surface area (Å²) in [5.41, 5.74) is 0.334. The fraction of sp³-hybridized carbons (Fsp3) is 0.118. The number of non-ortho nitro benzene ring substituents is 1. The number of nitrogens with zero attached hydrogens (tertiary/aromatic N) is 2. The fourth-order valence-corrected chi connectivity index (χ4v) is 2.80. The summed E-state index contributed by atoms with van der Waals surface area (Å²) < 4.78 is 4.90. The topological polar surface area (TPSA) is 107 Å². The normalized spacial score (nSPS) is 12.9. The highest BCUT2D eigenvalue weighted by Gasteiger charge is 2.38. The molecule has 0 unspecified atom stereocenters. The van der Waals surface area contributed by atoms with Crippen LogP contribution in [-0.2, 0) is 16.1 Å². The van der Waals surface area contributed by atoms with Gasteiger partial charge in [0.1, 0.15) is 6.61 Å². The SMILES string of the molecule is CC(=O)OCc1cc([N+](=O)[O-])ccc1N1C(=O)c2ccc(Cl)cc2C1=O. The predicted octanol–water partition coefficient (Wildman–Crippen LogP) is 3.11. The lowest BCUT2D eigenvalue weighted by atomic mass is 10.1. The molecule has 2 aromatic carbocycles. The molecule has 3 rings (SSSR count). The van der Waals surface area contributed by atoms with Crippen LogP contribution in [0.3, 0.4) is 0 Å². The number of imide groups is 1. The summed E-state index contributed by atoms with van der Waals surface area (Å²) >= 11 is 5.89. The summed E-state index contributed by atoms with van der Waals surface area (Å²) in [6.07, 6.45) is 0. The van der Waals surface area contributed by atoms with Gasteiger partial charge < -0.3 is 4.74 Å². The first-order valence-corrected chi connectivity index (χ1v) is 7.76. The molecule has 2 amide bonds. The number of ether oxygens (including phenoxy) is 1. The Balaban J connectivity index is 2.08. The van der Waals surface area contributed by atoms with Crippen molar-refractivity contribution in [2.24, 2.45) is 0 Å². The maximum Gasteiger partial charge on any atom is 0.302 e. The highest BCUT2D eigenvalue weighted by molar-refractivity contribution is 6.36. The third-order valence-electron chi connectivity index (χ3n) is 3.79. The summed E-state index contributed by atoms with van der Waals surface area (Å²) in [4.78, 5) is 47.7. The number of halogens is 1. The van der Waals surface area contributed by atoms with Gasteiger partial charge in [0.15, 0.2) is 0 Å². The molecular weight excluding hydrogens is 364 g/mol. The van der Waals surface area contributed by atoms with Crippen molar-refractivity contribution in [3.63, 3.8) is 0 Å². The van der Waals surface area contributed by atoms with Gasteiger partial charge in [0.05, 0.1) is 21.7 Å². The number of nitro groups is 1. The standard InChI is InChI=1S/C17H11ClN2O6/c1-9(21)26-8-10-6-12(20(24)25)3-5-15(10)19-16(22)13-4-2-11(18)7-14(13)17(19)23/h2-7H,8H2,1H3. The molecule has 1 heterocycles. The van der Waals surface area contributed by atoms with Gasteiger partial charge in [-0.2, -0.15) is 0 Å². The second-order valence-electron chi connectivity index (χ2n) is 5.49. The number of nitro benzene ring substituents is 1. The summed E-state index contributed by atoms with van der Waals surface area (Å²) in [6, 6.07) is 7.92. The van der Waals surface area contributed by atoms with Crippen LogP contribution in [0.25, 0.3) is 0 Å². The Bertz CT molecular complexity index is 972. The number of rotatable bonds is 4. The number of carbonyl (C=O) groups is 3. The van der Waals surface area contributed by atoms with Gasteiger partial charge in [0, 0.05) is 29.6 Å². The summed E-state index contributed by atoms with van der Waals surface area (Å²) in [5, 5.41) is 11.3. The Morgan fingerprint density at radius 3 is 2.50 bits per heavy atom. The molecule has 0 atom stereocenters. The Kier molecular flexibility index (Phi) is 4.43. The minimum atomic E-state index is -0.622. The minimum absolute atomic E-state index is 0.110. The molecule has 26 heavy (non-hydrogen) atoms. The molecule has 0 saturated heterocycles. The molecule has 2 aromatic rings. The zero-order chi connectivity index (χ0) is 19.0. The highest BCUT2D eigenvalue weighted by Crippen LogP contribution is 2.34. The summed E-state index contributed by atoms with van der Waals surface area (Å²) in [7, 11) is 0. The van der Waals surface area contributed by atoms with E-state index in [1.165, 1.54) is 37.3 Å². The van der Waals surface area contributed by atoms with Crippen molar-refractivity contribution in [3.05, 3.63) is 68.2 Å². The number of hydrogen-bond acceptors (Lipinski definition) is 6. The van der Waals surface area contributed by atoms with Crippen LogP contribution in [-0.4, -0.2) is 22.7 Å². The molecule has 0 bridgehead atoms. The molecule has 0 aromatic heterocycles. The van der Waals surface area contributed by atoms with E-state index in [-0.39, 0.29) is 34.7 Å². The molecule has 1 aliphatic rings. The quantitative estimate of drug-likeness (QED) is 0.352. The van der Waals surface area contributed by atoms with Gasteiger partial charge in [0.2, 0.25) is 0 Å². The van der Waals surface area contributed by atoms with E-state index in [0.717, 1.165) is 11.0 Å². The van der Waals surface area contributed by atoms with Gasteiger partial charge in [-0.15, -0.1) is 0 Å². The number of amides is 2. The molecule has 0 N–H and O–H groups in total. The molecule has 0 saturated carbocycles. The Morgan fingerprint density at radius 1 is 1.15 bits per heavy atom. The third-order valence-corrected chi connectivity index (χ3v) is 4.03.